The molecule has 0 aliphatic carbocycles. The van der Waals surface area contributed by atoms with E-state index in [1.807, 2.05) is 16.8 Å². The summed E-state index contributed by atoms with van der Waals surface area (Å²) < 4.78 is 4.14. The normalized spacial score (nSPS) is 11.4. The van der Waals surface area contributed by atoms with Crippen LogP contribution in [0.25, 0.3) is 32.9 Å². The number of hydrogen-bond donors (Lipinski definition) is 0. The van der Waals surface area contributed by atoms with Gasteiger partial charge in [0, 0.05) is 36.3 Å². The van der Waals surface area contributed by atoms with Crippen molar-refractivity contribution in [1.29, 1.82) is 0 Å². The van der Waals surface area contributed by atoms with Crippen molar-refractivity contribution >= 4 is 27.7 Å². The van der Waals surface area contributed by atoms with Crippen LogP contribution in [0.2, 0.25) is 0 Å². The first kappa shape index (κ1) is 21.3. The quantitative estimate of drug-likeness (QED) is 0.228. The highest BCUT2D eigenvalue weighted by molar-refractivity contribution is 5.95. The summed E-state index contributed by atoms with van der Waals surface area (Å²) in [6.07, 6.45) is 9.14. The highest BCUT2D eigenvalue weighted by atomic mass is 16.2. The molecule has 33 heavy (non-hydrogen) atoms. The molecule has 5 rings (SSSR count). The largest absolute Gasteiger partial charge is 0.343 e. The SMILES string of the molecule is CCCCCCC(=O)n1ccc2ccc(-c3ccc4ccn(Cc5ccccc5)c4c3)cc21. The van der Waals surface area contributed by atoms with Crippen LogP contribution >= 0.6 is 0 Å². The average molecular weight is 435 g/mol. The molecular formula is C30H30N2O. The molecule has 0 amide bonds. The molecule has 0 unspecified atom stereocenters. The molecule has 0 fully saturated rings. The van der Waals surface area contributed by atoms with Gasteiger partial charge in [-0.2, -0.15) is 0 Å². The minimum atomic E-state index is 0.186. The van der Waals surface area contributed by atoms with E-state index in [2.05, 4.69) is 90.5 Å². The second kappa shape index (κ2) is 9.50. The molecule has 2 aromatic heterocycles. The van der Waals surface area contributed by atoms with E-state index in [-0.39, 0.29) is 5.91 Å². The number of carbonyl (C=O) groups is 1. The number of rotatable bonds is 8. The molecule has 0 N–H and O–H groups in total. The molecule has 3 heteroatoms. The predicted octanol–water partition coefficient (Wildman–Crippen LogP) is 7.92. The lowest BCUT2D eigenvalue weighted by Crippen LogP contribution is -2.08. The van der Waals surface area contributed by atoms with Crippen LogP contribution in [0.1, 0.15) is 49.4 Å². The standard InChI is InChI=1S/C30H30N2O/c1-2-3-4-8-11-30(33)32-19-17-25-13-15-27(21-29(25)32)26-14-12-24-16-18-31(28(24)20-26)22-23-9-6-5-7-10-23/h5-7,9-10,12-21H,2-4,8,11,22H2,1H3. The van der Waals surface area contributed by atoms with Gasteiger partial charge in [0.15, 0.2) is 0 Å². The number of benzene rings is 3. The van der Waals surface area contributed by atoms with Gasteiger partial charge in [-0.3, -0.25) is 9.36 Å². The second-order valence-corrected chi connectivity index (χ2v) is 8.87. The molecule has 3 aromatic carbocycles. The Hall–Kier alpha value is -3.59. The molecule has 166 valence electrons. The zero-order valence-corrected chi connectivity index (χ0v) is 19.2. The molecule has 0 saturated carbocycles. The van der Waals surface area contributed by atoms with Crippen molar-refractivity contribution in [2.75, 3.05) is 0 Å². The van der Waals surface area contributed by atoms with Crippen molar-refractivity contribution in [3.05, 3.63) is 96.8 Å². The Labute approximate surface area is 195 Å². The predicted molar refractivity (Wildman–Crippen MR) is 138 cm³/mol. The van der Waals surface area contributed by atoms with Crippen molar-refractivity contribution in [2.24, 2.45) is 0 Å². The van der Waals surface area contributed by atoms with Crippen LogP contribution in [0.15, 0.2) is 91.3 Å². The minimum Gasteiger partial charge on any atom is -0.343 e. The molecule has 0 aliphatic rings. The van der Waals surface area contributed by atoms with Crippen LogP contribution in [-0.4, -0.2) is 15.0 Å². The van der Waals surface area contributed by atoms with Gasteiger partial charge in [0.2, 0.25) is 5.91 Å². The molecule has 0 saturated heterocycles. The number of aromatic nitrogens is 2. The first-order chi connectivity index (χ1) is 16.2. The zero-order valence-electron chi connectivity index (χ0n) is 19.2. The fraction of sp³-hybridized carbons (Fsp3) is 0.233. The van der Waals surface area contributed by atoms with E-state index in [4.69, 9.17) is 0 Å². The van der Waals surface area contributed by atoms with Crippen LogP contribution in [0.3, 0.4) is 0 Å². The van der Waals surface area contributed by atoms with Gasteiger partial charge in [-0.15, -0.1) is 0 Å². The molecule has 3 nitrogen and oxygen atoms in total. The summed E-state index contributed by atoms with van der Waals surface area (Å²) >= 11 is 0. The van der Waals surface area contributed by atoms with E-state index in [0.29, 0.717) is 6.42 Å². The van der Waals surface area contributed by atoms with E-state index in [9.17, 15) is 4.79 Å². The topological polar surface area (TPSA) is 26.9 Å². The van der Waals surface area contributed by atoms with Gasteiger partial charge >= 0.3 is 0 Å². The fourth-order valence-corrected chi connectivity index (χ4v) is 4.63. The van der Waals surface area contributed by atoms with Gasteiger partial charge < -0.3 is 4.57 Å². The molecular weight excluding hydrogens is 404 g/mol. The Kier molecular flexibility index (Phi) is 6.12. The number of fused-ring (bicyclic) bond motifs is 2. The summed E-state index contributed by atoms with van der Waals surface area (Å²) in [5.41, 5.74) is 5.81. The summed E-state index contributed by atoms with van der Waals surface area (Å²) in [4.78, 5) is 12.8. The number of unbranched alkanes of at least 4 members (excludes halogenated alkanes) is 3. The van der Waals surface area contributed by atoms with Crippen LogP contribution < -0.4 is 0 Å². The van der Waals surface area contributed by atoms with Gasteiger partial charge in [0.1, 0.15) is 0 Å². The third-order valence-corrected chi connectivity index (χ3v) is 6.51. The molecule has 0 atom stereocenters. The maximum Gasteiger partial charge on any atom is 0.231 e. The van der Waals surface area contributed by atoms with E-state index >= 15 is 0 Å². The lowest BCUT2D eigenvalue weighted by molar-refractivity contribution is 0.0904. The smallest absolute Gasteiger partial charge is 0.231 e. The zero-order chi connectivity index (χ0) is 22.6. The van der Waals surface area contributed by atoms with Crippen molar-refractivity contribution in [3.63, 3.8) is 0 Å². The van der Waals surface area contributed by atoms with Crippen LogP contribution in [-0.2, 0) is 6.54 Å². The van der Waals surface area contributed by atoms with Gasteiger partial charge in [0.05, 0.1) is 5.52 Å². The molecule has 0 radical (unpaired) electrons. The minimum absolute atomic E-state index is 0.186. The van der Waals surface area contributed by atoms with Crippen molar-refractivity contribution in [2.45, 2.75) is 45.6 Å². The van der Waals surface area contributed by atoms with Crippen LogP contribution in [0.4, 0.5) is 0 Å². The van der Waals surface area contributed by atoms with Gasteiger partial charge in [-0.05, 0) is 52.8 Å². The monoisotopic (exact) mass is 434 g/mol. The summed E-state index contributed by atoms with van der Waals surface area (Å²) in [6, 6.07) is 27.8. The summed E-state index contributed by atoms with van der Waals surface area (Å²) in [6.45, 7) is 3.04. The van der Waals surface area contributed by atoms with Crippen molar-refractivity contribution < 1.29 is 4.79 Å². The first-order valence-electron chi connectivity index (χ1n) is 12.0. The third-order valence-electron chi connectivity index (χ3n) is 6.51. The van der Waals surface area contributed by atoms with Gasteiger partial charge in [0.25, 0.3) is 0 Å². The lowest BCUT2D eigenvalue weighted by atomic mass is 10.0. The Morgan fingerprint density at radius 3 is 2.18 bits per heavy atom. The molecule has 0 spiro atoms. The van der Waals surface area contributed by atoms with E-state index in [1.54, 1.807) is 0 Å². The Morgan fingerprint density at radius 2 is 1.42 bits per heavy atom. The van der Waals surface area contributed by atoms with E-state index in [0.717, 1.165) is 35.9 Å². The van der Waals surface area contributed by atoms with Crippen molar-refractivity contribution in [3.8, 4) is 11.1 Å². The number of nitrogens with zero attached hydrogens (tertiary/aromatic N) is 2. The van der Waals surface area contributed by atoms with E-state index < -0.39 is 0 Å². The average Bonchev–Trinajstić information content (AvgIpc) is 3.46. The van der Waals surface area contributed by atoms with Gasteiger partial charge in [-0.1, -0.05) is 80.8 Å². The second-order valence-electron chi connectivity index (χ2n) is 8.87. The number of hydrogen-bond acceptors (Lipinski definition) is 1. The number of carbonyl (C=O) groups excluding carboxylic acids is 1. The Morgan fingerprint density at radius 1 is 0.727 bits per heavy atom. The van der Waals surface area contributed by atoms with Crippen LogP contribution in [0.5, 0.6) is 0 Å². The maximum absolute atomic E-state index is 12.8. The molecule has 2 heterocycles. The van der Waals surface area contributed by atoms with E-state index in [1.165, 1.54) is 34.9 Å². The highest BCUT2D eigenvalue weighted by Gasteiger charge is 2.11. The first-order valence-corrected chi connectivity index (χ1v) is 12.0. The molecule has 0 bridgehead atoms. The molecule has 5 aromatic rings. The van der Waals surface area contributed by atoms with Crippen LogP contribution in [0, 0.1) is 0 Å². The summed E-state index contributed by atoms with van der Waals surface area (Å²) in [5.74, 6) is 0.186. The summed E-state index contributed by atoms with van der Waals surface area (Å²) in [5, 5.41) is 2.34. The maximum atomic E-state index is 12.8. The third kappa shape index (κ3) is 4.49. The fourth-order valence-electron chi connectivity index (χ4n) is 4.63. The molecule has 0 aliphatic heterocycles. The van der Waals surface area contributed by atoms with Crippen molar-refractivity contribution in [1.82, 2.24) is 9.13 Å². The lowest BCUT2D eigenvalue weighted by Gasteiger charge is -2.09. The Bertz CT molecular complexity index is 1390. The Balaban J connectivity index is 1.45. The summed E-state index contributed by atoms with van der Waals surface area (Å²) in [7, 11) is 0. The van der Waals surface area contributed by atoms with Gasteiger partial charge in [-0.25, -0.2) is 0 Å². The highest BCUT2D eigenvalue weighted by Crippen LogP contribution is 2.29.